The number of hydrogen-bond acceptors (Lipinski definition) is 3. The van der Waals surface area contributed by atoms with E-state index >= 15 is 0 Å². The molecule has 0 fully saturated rings. The lowest BCUT2D eigenvalue weighted by Gasteiger charge is -2.13. The normalized spacial score (nSPS) is 10.7. The molecule has 3 rings (SSSR count). The van der Waals surface area contributed by atoms with Crippen LogP contribution in [0.2, 0.25) is 0 Å². The van der Waals surface area contributed by atoms with Crippen LogP contribution < -0.4 is 0 Å². The summed E-state index contributed by atoms with van der Waals surface area (Å²) in [6.45, 7) is 10.1. The molecule has 0 atom stereocenters. The molecule has 0 amide bonds. The predicted molar refractivity (Wildman–Crippen MR) is 90.5 cm³/mol. The highest BCUT2D eigenvalue weighted by molar-refractivity contribution is 6.02. The van der Waals surface area contributed by atoms with Crippen LogP contribution in [0.15, 0.2) is 48.8 Å². The Morgan fingerprint density at radius 2 is 1.14 bits per heavy atom. The summed E-state index contributed by atoms with van der Waals surface area (Å²) in [5.41, 5.74) is 1.95. The van der Waals surface area contributed by atoms with E-state index in [1.54, 1.807) is 12.4 Å². The minimum absolute atomic E-state index is 0.977. The third kappa shape index (κ3) is 3.76. The van der Waals surface area contributed by atoms with Gasteiger partial charge in [-0.05, 0) is 31.8 Å². The van der Waals surface area contributed by atoms with Crippen molar-refractivity contribution in [1.82, 2.24) is 14.9 Å². The van der Waals surface area contributed by atoms with Crippen molar-refractivity contribution in [3.05, 3.63) is 48.8 Å². The summed E-state index contributed by atoms with van der Waals surface area (Å²) in [5, 5.41) is 2.28. The van der Waals surface area contributed by atoms with Crippen molar-refractivity contribution in [3.8, 4) is 0 Å². The molecule has 0 radical (unpaired) electrons. The van der Waals surface area contributed by atoms with Gasteiger partial charge in [0, 0.05) is 23.2 Å². The lowest BCUT2D eigenvalue weighted by atomic mass is 10.1. The maximum Gasteiger partial charge on any atom is 0.0964 e. The smallest absolute Gasteiger partial charge is 0.0964 e. The standard InChI is InChI=1S/C12H8N2.C6H15N/c1-3-9-5-6-10-4-2-8-14-12(10)11(9)13-7-1;1-4-7(5-2)6-3/h1-8H;4-6H2,1-3H3. The number of hydrogen-bond donors (Lipinski definition) is 0. The molecule has 0 unspecified atom stereocenters. The molecule has 110 valence electrons. The Kier molecular flexibility index (Phi) is 5.64. The fourth-order valence-corrected chi connectivity index (χ4v) is 2.35. The molecule has 0 aliphatic heterocycles. The van der Waals surface area contributed by atoms with Crippen LogP contribution in [0.3, 0.4) is 0 Å². The second-order valence-corrected chi connectivity index (χ2v) is 4.84. The van der Waals surface area contributed by atoms with Gasteiger partial charge in [-0.2, -0.15) is 0 Å². The molecule has 0 saturated heterocycles. The predicted octanol–water partition coefficient (Wildman–Crippen LogP) is 4.13. The third-order valence-corrected chi connectivity index (χ3v) is 3.69. The third-order valence-electron chi connectivity index (χ3n) is 3.69. The second-order valence-electron chi connectivity index (χ2n) is 4.84. The summed E-state index contributed by atoms with van der Waals surface area (Å²) in [4.78, 5) is 11.1. The number of aromatic nitrogens is 2. The van der Waals surface area contributed by atoms with E-state index in [1.165, 1.54) is 19.6 Å². The van der Waals surface area contributed by atoms with Crippen molar-refractivity contribution >= 4 is 21.8 Å². The molecule has 3 aromatic rings. The van der Waals surface area contributed by atoms with E-state index in [1.807, 2.05) is 12.1 Å². The van der Waals surface area contributed by atoms with Crippen molar-refractivity contribution < 1.29 is 0 Å². The lowest BCUT2D eigenvalue weighted by molar-refractivity contribution is 0.321. The average molecular weight is 281 g/mol. The van der Waals surface area contributed by atoms with Gasteiger partial charge >= 0.3 is 0 Å². The van der Waals surface area contributed by atoms with E-state index < -0.39 is 0 Å². The Hall–Kier alpha value is -2.00. The lowest BCUT2D eigenvalue weighted by Crippen LogP contribution is -2.21. The van der Waals surface area contributed by atoms with Crippen LogP contribution in [-0.4, -0.2) is 34.5 Å². The van der Waals surface area contributed by atoms with E-state index in [9.17, 15) is 0 Å². The Morgan fingerprint density at radius 1 is 0.714 bits per heavy atom. The average Bonchev–Trinajstić information content (AvgIpc) is 2.57. The van der Waals surface area contributed by atoms with E-state index in [2.05, 4.69) is 59.9 Å². The van der Waals surface area contributed by atoms with Gasteiger partial charge in [-0.15, -0.1) is 0 Å². The van der Waals surface area contributed by atoms with Gasteiger partial charge in [0.15, 0.2) is 0 Å². The molecule has 21 heavy (non-hydrogen) atoms. The van der Waals surface area contributed by atoms with Crippen LogP contribution in [0.5, 0.6) is 0 Å². The monoisotopic (exact) mass is 281 g/mol. The second kappa shape index (κ2) is 7.70. The molecule has 0 aliphatic carbocycles. The van der Waals surface area contributed by atoms with Gasteiger partial charge in [0.25, 0.3) is 0 Å². The molecule has 0 bridgehead atoms. The highest BCUT2D eigenvalue weighted by atomic mass is 15.1. The zero-order valence-corrected chi connectivity index (χ0v) is 13.1. The van der Waals surface area contributed by atoms with Crippen LogP contribution in [0.4, 0.5) is 0 Å². The van der Waals surface area contributed by atoms with Crippen LogP contribution in [0.25, 0.3) is 21.8 Å². The minimum Gasteiger partial charge on any atom is -0.304 e. The molecule has 2 aromatic heterocycles. The highest BCUT2D eigenvalue weighted by Crippen LogP contribution is 2.20. The van der Waals surface area contributed by atoms with E-state index in [-0.39, 0.29) is 0 Å². The zero-order valence-electron chi connectivity index (χ0n) is 13.1. The van der Waals surface area contributed by atoms with Crippen LogP contribution in [0.1, 0.15) is 20.8 Å². The SMILES string of the molecule is CCN(CC)CC.c1cnc2c(c1)ccc1cccnc12. The first-order valence-electron chi connectivity index (χ1n) is 7.60. The molecule has 0 saturated carbocycles. The first-order chi connectivity index (χ1) is 10.3. The van der Waals surface area contributed by atoms with Gasteiger partial charge in [0.05, 0.1) is 11.0 Å². The van der Waals surface area contributed by atoms with E-state index in [4.69, 9.17) is 0 Å². The van der Waals surface area contributed by atoms with Crippen molar-refractivity contribution in [2.24, 2.45) is 0 Å². The van der Waals surface area contributed by atoms with Crippen molar-refractivity contribution in [3.63, 3.8) is 0 Å². The van der Waals surface area contributed by atoms with Crippen molar-refractivity contribution in [2.75, 3.05) is 19.6 Å². The topological polar surface area (TPSA) is 29.0 Å². The van der Waals surface area contributed by atoms with Gasteiger partial charge in [0.2, 0.25) is 0 Å². The zero-order chi connectivity index (χ0) is 15.1. The van der Waals surface area contributed by atoms with Gasteiger partial charge in [-0.3, -0.25) is 9.97 Å². The largest absolute Gasteiger partial charge is 0.304 e. The first-order valence-corrected chi connectivity index (χ1v) is 7.60. The molecule has 2 heterocycles. The Bertz CT molecular complexity index is 630. The van der Waals surface area contributed by atoms with Crippen LogP contribution in [0, 0.1) is 0 Å². The molecule has 0 N–H and O–H groups in total. The molecule has 3 heteroatoms. The summed E-state index contributed by atoms with van der Waals surface area (Å²) in [5.74, 6) is 0. The molecule has 0 aliphatic rings. The molecular weight excluding hydrogens is 258 g/mol. The van der Waals surface area contributed by atoms with E-state index in [0.717, 1.165) is 21.8 Å². The van der Waals surface area contributed by atoms with E-state index in [0.29, 0.717) is 0 Å². The van der Waals surface area contributed by atoms with Gasteiger partial charge < -0.3 is 4.90 Å². The molecular formula is C18H23N3. The summed E-state index contributed by atoms with van der Waals surface area (Å²) in [7, 11) is 0. The highest BCUT2D eigenvalue weighted by Gasteiger charge is 2.00. The fraction of sp³-hybridized carbons (Fsp3) is 0.333. The summed E-state index contributed by atoms with van der Waals surface area (Å²) in [6, 6.07) is 12.1. The molecule has 1 aromatic carbocycles. The number of pyridine rings is 2. The van der Waals surface area contributed by atoms with Crippen LogP contribution >= 0.6 is 0 Å². The Balaban J connectivity index is 0.000000199. The van der Waals surface area contributed by atoms with Crippen molar-refractivity contribution in [2.45, 2.75) is 20.8 Å². The summed E-state index contributed by atoms with van der Waals surface area (Å²) in [6.07, 6.45) is 3.60. The number of rotatable bonds is 3. The quantitative estimate of drug-likeness (QED) is 0.676. The number of nitrogens with zero attached hydrogens (tertiary/aromatic N) is 3. The molecule has 0 spiro atoms. The maximum atomic E-state index is 4.35. The number of benzene rings is 1. The maximum absolute atomic E-state index is 4.35. The Morgan fingerprint density at radius 3 is 1.48 bits per heavy atom. The van der Waals surface area contributed by atoms with Gasteiger partial charge in [-0.25, -0.2) is 0 Å². The minimum atomic E-state index is 0.977. The van der Waals surface area contributed by atoms with Crippen molar-refractivity contribution in [1.29, 1.82) is 0 Å². The Labute approximate surface area is 126 Å². The number of fused-ring (bicyclic) bond motifs is 3. The van der Waals surface area contributed by atoms with Crippen LogP contribution in [-0.2, 0) is 0 Å². The fourth-order valence-electron chi connectivity index (χ4n) is 2.35. The van der Waals surface area contributed by atoms with Gasteiger partial charge in [0.1, 0.15) is 0 Å². The summed E-state index contributed by atoms with van der Waals surface area (Å²) < 4.78 is 0. The summed E-state index contributed by atoms with van der Waals surface area (Å²) >= 11 is 0. The van der Waals surface area contributed by atoms with Gasteiger partial charge in [-0.1, -0.05) is 45.0 Å². The first kappa shape index (κ1) is 15.4. The molecule has 3 nitrogen and oxygen atoms in total.